The number of aromatic nitrogens is 2. The Morgan fingerprint density at radius 2 is 2.06 bits per heavy atom. The van der Waals surface area contributed by atoms with Crippen LogP contribution in [0, 0.1) is 13.8 Å². The second-order valence-corrected chi connectivity index (χ2v) is 8.14. The number of aromatic hydroxyl groups is 1. The van der Waals surface area contributed by atoms with E-state index in [0.29, 0.717) is 18.0 Å². The van der Waals surface area contributed by atoms with Gasteiger partial charge in [-0.15, -0.1) is 0 Å². The number of rotatable bonds is 6. The topological polar surface area (TPSA) is 117 Å². The molecule has 3 N–H and O–H groups in total. The number of phenols is 1. The quantitative estimate of drug-likeness (QED) is 0.538. The first-order valence-electron chi connectivity index (χ1n) is 10.8. The van der Waals surface area contributed by atoms with Crippen molar-refractivity contribution in [3.05, 3.63) is 74.0 Å². The molecule has 1 aromatic heterocycles. The Kier molecular flexibility index (Phi) is 6.14. The summed E-state index contributed by atoms with van der Waals surface area (Å²) in [4.78, 5) is 25.6. The largest absolute Gasteiger partial charge is 0.508 e. The third kappa shape index (κ3) is 4.31. The van der Waals surface area contributed by atoms with Crippen LogP contribution in [0.5, 0.6) is 5.75 Å². The second-order valence-electron chi connectivity index (χ2n) is 8.14. The van der Waals surface area contributed by atoms with E-state index in [1.54, 1.807) is 6.07 Å². The first kappa shape index (κ1) is 21.8. The van der Waals surface area contributed by atoms with Gasteiger partial charge in [-0.2, -0.15) is 0 Å². The van der Waals surface area contributed by atoms with Crippen LogP contribution >= 0.6 is 0 Å². The van der Waals surface area contributed by atoms with E-state index < -0.39 is 11.7 Å². The van der Waals surface area contributed by atoms with Gasteiger partial charge in [0.25, 0.3) is 5.91 Å². The van der Waals surface area contributed by atoms with E-state index >= 15 is 0 Å². The van der Waals surface area contributed by atoms with Crippen LogP contribution in [0.15, 0.2) is 33.6 Å². The molecular weight excluding hydrogens is 410 g/mol. The highest BCUT2D eigenvalue weighted by Gasteiger charge is 2.26. The lowest BCUT2D eigenvalue weighted by molar-refractivity contribution is 0.0481. The molecule has 0 saturated carbocycles. The molecule has 2 aromatic carbocycles. The van der Waals surface area contributed by atoms with Gasteiger partial charge in [0.15, 0.2) is 0 Å². The van der Waals surface area contributed by atoms with Crippen molar-refractivity contribution in [2.45, 2.75) is 52.6 Å². The van der Waals surface area contributed by atoms with Gasteiger partial charge in [0.2, 0.25) is 5.82 Å². The molecule has 0 aliphatic heterocycles. The maximum atomic E-state index is 12.3. The summed E-state index contributed by atoms with van der Waals surface area (Å²) in [5, 5.41) is 16.7. The van der Waals surface area contributed by atoms with Crippen molar-refractivity contribution in [1.29, 1.82) is 0 Å². The highest BCUT2D eigenvalue weighted by atomic mass is 16.5. The standard InChI is InChI=1S/C24H27N3O5/c1-4-31-20-7-5-6-17-15(8-9-19(28)21(17)20)12-18-13(2)10-16(11-14(18)3)25-23(29)22-26-24(30)32-27-22/h8-11,20,28H,4-7,12H2,1-3H3,(H,25,29)(H,26,27,30). The molecule has 0 fully saturated rings. The minimum Gasteiger partial charge on any atom is -0.508 e. The first-order chi connectivity index (χ1) is 15.4. The number of nitrogens with zero attached hydrogens (tertiary/aromatic N) is 1. The van der Waals surface area contributed by atoms with Gasteiger partial charge in [-0.05, 0) is 97.6 Å². The minimum absolute atomic E-state index is 0.0635. The van der Waals surface area contributed by atoms with E-state index in [9.17, 15) is 14.7 Å². The van der Waals surface area contributed by atoms with Gasteiger partial charge in [0.05, 0.1) is 6.10 Å². The number of hydrogen-bond donors (Lipinski definition) is 3. The lowest BCUT2D eigenvalue weighted by Crippen LogP contribution is -2.16. The molecule has 4 rings (SSSR count). The lowest BCUT2D eigenvalue weighted by atomic mass is 9.83. The Morgan fingerprint density at radius 1 is 1.31 bits per heavy atom. The molecule has 3 aromatic rings. The lowest BCUT2D eigenvalue weighted by Gasteiger charge is -2.28. The van der Waals surface area contributed by atoms with Crippen LogP contribution in [0.1, 0.15) is 69.9 Å². The summed E-state index contributed by atoms with van der Waals surface area (Å²) in [5.74, 6) is -1.19. The fourth-order valence-corrected chi connectivity index (χ4v) is 4.55. The van der Waals surface area contributed by atoms with Crippen molar-refractivity contribution < 1.29 is 19.2 Å². The zero-order valence-corrected chi connectivity index (χ0v) is 18.4. The number of fused-ring (bicyclic) bond motifs is 1. The normalized spacial score (nSPS) is 15.4. The predicted octanol–water partition coefficient (Wildman–Crippen LogP) is 3.94. The minimum atomic E-state index is -0.776. The summed E-state index contributed by atoms with van der Waals surface area (Å²) in [6.45, 7) is 6.60. The van der Waals surface area contributed by atoms with Gasteiger partial charge in [-0.1, -0.05) is 6.07 Å². The Balaban J connectivity index is 1.61. The van der Waals surface area contributed by atoms with Crippen LogP contribution in [0.3, 0.4) is 0 Å². The molecule has 1 aliphatic carbocycles. The van der Waals surface area contributed by atoms with Crippen molar-refractivity contribution in [2.24, 2.45) is 0 Å². The van der Waals surface area contributed by atoms with Gasteiger partial charge in [0.1, 0.15) is 5.75 Å². The van der Waals surface area contributed by atoms with Crippen LogP contribution in [0.25, 0.3) is 0 Å². The molecule has 32 heavy (non-hydrogen) atoms. The first-order valence-corrected chi connectivity index (χ1v) is 10.8. The number of anilines is 1. The summed E-state index contributed by atoms with van der Waals surface area (Å²) in [7, 11) is 0. The number of phenolic OH excluding ortho intramolecular Hbond substituents is 1. The molecule has 1 amide bonds. The molecule has 1 aliphatic rings. The number of hydrogen-bond acceptors (Lipinski definition) is 6. The average Bonchev–Trinajstić information content (AvgIpc) is 3.19. The van der Waals surface area contributed by atoms with E-state index in [-0.39, 0.29) is 11.9 Å². The number of nitrogens with one attached hydrogen (secondary N) is 2. The van der Waals surface area contributed by atoms with E-state index in [1.165, 1.54) is 16.7 Å². The maximum absolute atomic E-state index is 12.3. The number of ether oxygens (including phenoxy) is 1. The van der Waals surface area contributed by atoms with Crippen molar-refractivity contribution in [2.75, 3.05) is 11.9 Å². The SMILES string of the molecule is CCOC1CCCc2c(Cc3c(C)cc(NC(=O)c4noc(=O)[nH]4)cc3C)ccc(O)c21. The average molecular weight is 437 g/mol. The molecule has 8 heteroatoms. The molecule has 0 spiro atoms. The zero-order chi connectivity index (χ0) is 22.8. The zero-order valence-electron chi connectivity index (χ0n) is 18.4. The van der Waals surface area contributed by atoms with E-state index in [4.69, 9.17) is 4.74 Å². The van der Waals surface area contributed by atoms with Gasteiger partial charge in [0, 0.05) is 17.9 Å². The smallest absolute Gasteiger partial charge is 0.439 e. The highest BCUT2D eigenvalue weighted by molar-refractivity contribution is 6.01. The second kappa shape index (κ2) is 9.00. The Bertz CT molecular complexity index is 1190. The summed E-state index contributed by atoms with van der Waals surface area (Å²) < 4.78 is 10.3. The molecule has 0 saturated heterocycles. The monoisotopic (exact) mass is 437 g/mol. The van der Waals surface area contributed by atoms with Crippen LogP contribution in [-0.2, 0) is 17.6 Å². The molecule has 1 heterocycles. The molecule has 1 atom stereocenters. The van der Waals surface area contributed by atoms with Crippen molar-refractivity contribution in [1.82, 2.24) is 10.1 Å². The highest BCUT2D eigenvalue weighted by Crippen LogP contribution is 2.40. The van der Waals surface area contributed by atoms with E-state index in [2.05, 4.69) is 20.0 Å². The van der Waals surface area contributed by atoms with Gasteiger partial charge in [-0.3, -0.25) is 14.3 Å². The molecule has 168 valence electrons. The summed E-state index contributed by atoms with van der Waals surface area (Å²) in [6, 6.07) is 7.56. The van der Waals surface area contributed by atoms with Gasteiger partial charge in [-0.25, -0.2) is 4.79 Å². The molecule has 1 unspecified atom stereocenters. The summed E-state index contributed by atoms with van der Waals surface area (Å²) in [6.07, 6.45) is 3.53. The fraction of sp³-hybridized carbons (Fsp3) is 0.375. The number of aryl methyl sites for hydroxylation is 2. The number of carbonyl (C=O) groups excluding carboxylic acids is 1. The van der Waals surface area contributed by atoms with E-state index in [0.717, 1.165) is 42.4 Å². The molecular formula is C24H27N3O5. The fourth-order valence-electron chi connectivity index (χ4n) is 4.55. The predicted molar refractivity (Wildman–Crippen MR) is 119 cm³/mol. The molecule has 8 nitrogen and oxygen atoms in total. The van der Waals surface area contributed by atoms with Crippen molar-refractivity contribution in [3.8, 4) is 5.75 Å². The Labute approximate surface area is 185 Å². The van der Waals surface area contributed by atoms with Crippen LogP contribution in [-0.4, -0.2) is 27.8 Å². The third-order valence-electron chi connectivity index (χ3n) is 5.99. The van der Waals surface area contributed by atoms with Crippen LogP contribution in [0.2, 0.25) is 0 Å². The Morgan fingerprint density at radius 3 is 2.72 bits per heavy atom. The molecule has 0 bridgehead atoms. The van der Waals surface area contributed by atoms with Crippen LogP contribution in [0.4, 0.5) is 5.69 Å². The van der Waals surface area contributed by atoms with Gasteiger partial charge >= 0.3 is 5.76 Å². The number of benzene rings is 2. The Hall–Kier alpha value is -3.39. The molecule has 0 radical (unpaired) electrons. The van der Waals surface area contributed by atoms with E-state index in [1.807, 2.05) is 39.0 Å². The summed E-state index contributed by atoms with van der Waals surface area (Å²) >= 11 is 0. The van der Waals surface area contributed by atoms with Crippen molar-refractivity contribution >= 4 is 11.6 Å². The van der Waals surface area contributed by atoms with Crippen molar-refractivity contribution in [3.63, 3.8) is 0 Å². The number of aromatic amines is 1. The van der Waals surface area contributed by atoms with Gasteiger partial charge < -0.3 is 15.2 Å². The summed E-state index contributed by atoms with van der Waals surface area (Å²) in [5.41, 5.74) is 7.15. The maximum Gasteiger partial charge on any atom is 0.439 e. The number of amides is 1. The number of carbonyl (C=O) groups is 1. The third-order valence-corrected chi connectivity index (χ3v) is 5.99. The number of H-pyrrole nitrogens is 1. The van der Waals surface area contributed by atoms with Crippen LogP contribution < -0.4 is 11.1 Å².